The molecule has 0 unspecified atom stereocenters. The Balaban J connectivity index is 3.24. The summed E-state index contributed by atoms with van der Waals surface area (Å²) in [5, 5.41) is 21.8. The first-order valence-corrected chi connectivity index (χ1v) is 6.99. The number of rotatable bonds is 8. The average Bonchev–Trinajstić information content (AvgIpc) is 2.78. The zero-order chi connectivity index (χ0) is 17.6. The van der Waals surface area contributed by atoms with Crippen molar-refractivity contribution in [3.05, 3.63) is 17.7 Å². The van der Waals surface area contributed by atoms with Gasteiger partial charge in [0.1, 0.15) is 0 Å². The molecule has 0 aliphatic carbocycles. The third kappa shape index (κ3) is 4.98. The van der Waals surface area contributed by atoms with Crippen LogP contribution in [0.25, 0.3) is 0 Å². The van der Waals surface area contributed by atoms with Gasteiger partial charge in [-0.1, -0.05) is 5.23 Å². The average molecular weight is 333 g/mol. The second-order valence-electron chi connectivity index (χ2n) is 4.66. The van der Waals surface area contributed by atoms with Crippen LogP contribution in [0.2, 0.25) is 0 Å². The highest BCUT2D eigenvalue weighted by atomic mass is 19.1. The molecule has 0 amide bonds. The van der Waals surface area contributed by atoms with Crippen LogP contribution >= 0.6 is 0 Å². The highest BCUT2D eigenvalue weighted by molar-refractivity contribution is 5.96. The summed E-state index contributed by atoms with van der Waals surface area (Å²) in [6.07, 6.45) is 0. The standard InChI is InChI=1S/C13H20FN3O6/c1-4-22-12(18)11(13(19)23-5-2)8(7-17(20)21)9-6-10(14)16(3)15-9/h6,8,11,20-21H,4-5,7H2,1-3H3/t8-/m1/s1. The van der Waals surface area contributed by atoms with Gasteiger partial charge in [-0.25, -0.2) is 4.68 Å². The van der Waals surface area contributed by atoms with Gasteiger partial charge in [-0.2, -0.15) is 9.49 Å². The Labute approximate surface area is 132 Å². The number of halogens is 1. The van der Waals surface area contributed by atoms with E-state index < -0.39 is 36.3 Å². The Hall–Kier alpha value is -2.04. The van der Waals surface area contributed by atoms with Crippen LogP contribution in [-0.2, 0) is 26.1 Å². The predicted molar refractivity (Wildman–Crippen MR) is 72.9 cm³/mol. The molecule has 0 aromatic carbocycles. The molecule has 0 aliphatic heterocycles. The lowest BCUT2D eigenvalue weighted by molar-refractivity contribution is -0.309. The van der Waals surface area contributed by atoms with E-state index in [2.05, 4.69) is 5.10 Å². The quantitative estimate of drug-likeness (QED) is 0.401. The maximum atomic E-state index is 13.5. The van der Waals surface area contributed by atoms with Crippen LogP contribution in [0.4, 0.5) is 4.39 Å². The van der Waals surface area contributed by atoms with Gasteiger partial charge in [0.2, 0.25) is 5.95 Å². The van der Waals surface area contributed by atoms with Crippen molar-refractivity contribution in [1.29, 1.82) is 0 Å². The Morgan fingerprint density at radius 1 is 1.30 bits per heavy atom. The van der Waals surface area contributed by atoms with Gasteiger partial charge in [0.25, 0.3) is 0 Å². The summed E-state index contributed by atoms with van der Waals surface area (Å²) in [7, 11) is 1.33. The van der Waals surface area contributed by atoms with Gasteiger partial charge in [0.15, 0.2) is 5.92 Å². The number of aromatic nitrogens is 2. The summed E-state index contributed by atoms with van der Waals surface area (Å²) in [4.78, 5) is 24.2. The number of esters is 2. The minimum Gasteiger partial charge on any atom is -0.465 e. The molecule has 1 heterocycles. The van der Waals surface area contributed by atoms with Crippen molar-refractivity contribution in [2.75, 3.05) is 19.8 Å². The maximum Gasteiger partial charge on any atom is 0.321 e. The van der Waals surface area contributed by atoms with E-state index in [1.807, 2.05) is 0 Å². The Kier molecular flexibility index (Phi) is 7.07. The van der Waals surface area contributed by atoms with Crippen molar-refractivity contribution in [3.63, 3.8) is 0 Å². The Morgan fingerprint density at radius 2 is 1.83 bits per heavy atom. The normalized spacial score (nSPS) is 12.5. The first-order valence-electron chi connectivity index (χ1n) is 6.99. The molecular formula is C13H20FN3O6. The van der Waals surface area contributed by atoms with Gasteiger partial charge in [-0.05, 0) is 13.8 Å². The molecule has 23 heavy (non-hydrogen) atoms. The van der Waals surface area contributed by atoms with E-state index in [-0.39, 0.29) is 24.1 Å². The zero-order valence-electron chi connectivity index (χ0n) is 13.1. The first-order chi connectivity index (χ1) is 10.8. The fraction of sp³-hybridized carbons (Fsp3) is 0.615. The number of hydrogen-bond acceptors (Lipinski definition) is 8. The molecule has 9 nitrogen and oxygen atoms in total. The number of carbonyl (C=O) groups excluding carboxylic acids is 2. The molecule has 0 bridgehead atoms. The molecular weight excluding hydrogens is 313 g/mol. The topological polar surface area (TPSA) is 114 Å². The summed E-state index contributed by atoms with van der Waals surface area (Å²) in [6.45, 7) is 2.57. The van der Waals surface area contributed by atoms with Crippen molar-refractivity contribution < 1.29 is 33.9 Å². The number of carbonyl (C=O) groups is 2. The van der Waals surface area contributed by atoms with E-state index in [0.29, 0.717) is 0 Å². The van der Waals surface area contributed by atoms with Gasteiger partial charge >= 0.3 is 11.9 Å². The fourth-order valence-electron chi connectivity index (χ4n) is 2.08. The van der Waals surface area contributed by atoms with Gasteiger partial charge in [0.05, 0.1) is 25.5 Å². The molecule has 1 aromatic rings. The molecule has 0 fully saturated rings. The van der Waals surface area contributed by atoms with Gasteiger partial charge < -0.3 is 9.47 Å². The molecule has 0 radical (unpaired) electrons. The SMILES string of the molecule is CCOC(=O)C(C(=O)OCC)[C@H](CN(O)O)c1cc(F)n(C)n1. The molecule has 0 spiro atoms. The van der Waals surface area contributed by atoms with Crippen LogP contribution in [0.1, 0.15) is 25.5 Å². The van der Waals surface area contributed by atoms with Crippen molar-refractivity contribution in [2.45, 2.75) is 19.8 Å². The minimum atomic E-state index is -1.51. The minimum absolute atomic E-state index is 0.00999. The molecule has 1 rings (SSSR count). The van der Waals surface area contributed by atoms with Crippen LogP contribution in [0, 0.1) is 11.9 Å². The van der Waals surface area contributed by atoms with Crippen molar-refractivity contribution in [3.8, 4) is 0 Å². The van der Waals surface area contributed by atoms with E-state index in [4.69, 9.17) is 19.9 Å². The van der Waals surface area contributed by atoms with Crippen LogP contribution in [0.3, 0.4) is 0 Å². The summed E-state index contributed by atoms with van der Waals surface area (Å²) >= 11 is 0. The summed E-state index contributed by atoms with van der Waals surface area (Å²) in [5.41, 5.74) is -0.00999. The fourth-order valence-corrected chi connectivity index (χ4v) is 2.08. The lowest BCUT2D eigenvalue weighted by Gasteiger charge is -2.23. The van der Waals surface area contributed by atoms with Crippen LogP contribution in [-0.4, -0.2) is 57.1 Å². The molecule has 2 N–H and O–H groups in total. The second kappa shape index (κ2) is 8.56. The van der Waals surface area contributed by atoms with Crippen molar-refractivity contribution in [1.82, 2.24) is 15.0 Å². The predicted octanol–water partition coefficient (Wildman–Crippen LogP) is 0.466. The Bertz CT molecular complexity index is 510. The van der Waals surface area contributed by atoms with Crippen molar-refractivity contribution in [2.24, 2.45) is 13.0 Å². The molecule has 130 valence electrons. The number of ether oxygens (including phenoxy) is 2. The van der Waals surface area contributed by atoms with E-state index in [0.717, 1.165) is 10.7 Å². The monoisotopic (exact) mass is 333 g/mol. The number of nitrogens with zero attached hydrogens (tertiary/aromatic N) is 3. The number of aryl methyl sites for hydroxylation is 1. The van der Waals surface area contributed by atoms with Gasteiger partial charge in [0, 0.05) is 19.0 Å². The highest BCUT2D eigenvalue weighted by Crippen LogP contribution is 2.27. The van der Waals surface area contributed by atoms with Crippen molar-refractivity contribution >= 4 is 11.9 Å². The molecule has 0 saturated heterocycles. The van der Waals surface area contributed by atoms with E-state index in [9.17, 15) is 14.0 Å². The third-order valence-electron chi connectivity index (χ3n) is 3.06. The van der Waals surface area contributed by atoms with E-state index >= 15 is 0 Å². The lowest BCUT2D eigenvalue weighted by atomic mass is 9.89. The summed E-state index contributed by atoms with van der Waals surface area (Å²) in [6, 6.07) is 1.000. The number of hydrogen-bond donors (Lipinski definition) is 2. The number of hydroxylamine groups is 2. The van der Waals surface area contributed by atoms with E-state index in [1.165, 1.54) is 7.05 Å². The molecule has 1 atom stereocenters. The Morgan fingerprint density at radius 3 is 2.17 bits per heavy atom. The maximum absolute atomic E-state index is 13.5. The van der Waals surface area contributed by atoms with E-state index in [1.54, 1.807) is 13.8 Å². The molecule has 10 heteroatoms. The summed E-state index contributed by atoms with van der Waals surface area (Å²) < 4.78 is 24.1. The largest absolute Gasteiger partial charge is 0.465 e. The molecule has 1 aromatic heterocycles. The highest BCUT2D eigenvalue weighted by Gasteiger charge is 2.41. The second-order valence-corrected chi connectivity index (χ2v) is 4.66. The zero-order valence-corrected chi connectivity index (χ0v) is 13.1. The smallest absolute Gasteiger partial charge is 0.321 e. The lowest BCUT2D eigenvalue weighted by Crippen LogP contribution is -2.38. The molecule has 0 aliphatic rings. The van der Waals surface area contributed by atoms with Gasteiger partial charge in [-0.3, -0.25) is 20.0 Å². The first kappa shape index (κ1) is 19.0. The molecule has 0 saturated carbocycles. The summed E-state index contributed by atoms with van der Waals surface area (Å²) in [5.74, 6) is -5.21. The third-order valence-corrected chi connectivity index (χ3v) is 3.06. The van der Waals surface area contributed by atoms with Crippen LogP contribution in [0.15, 0.2) is 6.07 Å². The van der Waals surface area contributed by atoms with Gasteiger partial charge in [-0.15, -0.1) is 0 Å². The van der Waals surface area contributed by atoms with Crippen LogP contribution in [0.5, 0.6) is 0 Å². The van der Waals surface area contributed by atoms with Crippen LogP contribution < -0.4 is 0 Å².